The van der Waals surface area contributed by atoms with Gasteiger partial charge in [0, 0.05) is 6.54 Å². The highest BCUT2D eigenvalue weighted by atomic mass is 32.1. The largest absolute Gasteiger partial charge is 0.495 e. The van der Waals surface area contributed by atoms with Gasteiger partial charge >= 0.3 is 5.91 Å². The molecule has 0 N–H and O–H groups in total. The lowest BCUT2D eigenvalue weighted by molar-refractivity contribution is 0.0971. The summed E-state index contributed by atoms with van der Waals surface area (Å²) in [4.78, 5) is 17.0. The van der Waals surface area contributed by atoms with Crippen LogP contribution < -0.4 is 9.54 Å². The zero-order valence-electron chi connectivity index (χ0n) is 12.4. The molecule has 1 aromatic carbocycles. The molecule has 114 valence electrons. The van der Waals surface area contributed by atoms with E-state index >= 15 is 0 Å². The van der Waals surface area contributed by atoms with E-state index in [4.69, 9.17) is 9.15 Å². The summed E-state index contributed by atoms with van der Waals surface area (Å²) in [6.45, 7) is 2.86. The van der Waals surface area contributed by atoms with Gasteiger partial charge in [0.15, 0.2) is 10.6 Å². The molecule has 0 aliphatic heterocycles. The molecule has 22 heavy (non-hydrogen) atoms. The van der Waals surface area contributed by atoms with Crippen LogP contribution in [-0.4, -0.2) is 17.6 Å². The number of nitrogens with zero attached hydrogens (tertiary/aromatic N) is 2. The Morgan fingerprint density at radius 2 is 2.23 bits per heavy atom. The highest BCUT2D eigenvalue weighted by Gasteiger charge is 2.13. The number of rotatable bonds is 4. The summed E-state index contributed by atoms with van der Waals surface area (Å²) in [6, 6.07) is 9.15. The molecule has 0 saturated heterocycles. The molecule has 0 atom stereocenters. The first kappa shape index (κ1) is 14.6. The number of carbonyl (C=O) groups excluding carboxylic acids is 1. The van der Waals surface area contributed by atoms with Crippen LogP contribution in [0.4, 0.5) is 0 Å². The molecule has 1 amide bonds. The molecule has 0 spiro atoms. The first-order valence-corrected chi connectivity index (χ1v) is 7.85. The number of hydrogen-bond donors (Lipinski definition) is 0. The fraction of sp³-hybridized carbons (Fsp3) is 0.250. The van der Waals surface area contributed by atoms with Crippen LogP contribution in [0, 0.1) is 0 Å². The van der Waals surface area contributed by atoms with Gasteiger partial charge in [0.25, 0.3) is 0 Å². The zero-order chi connectivity index (χ0) is 15.5. The van der Waals surface area contributed by atoms with Crippen molar-refractivity contribution in [2.75, 3.05) is 7.11 Å². The standard InChI is InChI=1S/C16H16N2O3S/c1-3-9-18-14-11(20-2)6-4-8-13(14)22-16(18)17-15(19)12-7-5-10-21-12/h4-8,10H,3,9H2,1-2H3. The van der Waals surface area contributed by atoms with Gasteiger partial charge < -0.3 is 13.7 Å². The normalized spacial score (nSPS) is 12.0. The van der Waals surface area contributed by atoms with E-state index in [9.17, 15) is 4.79 Å². The Bertz CT molecular complexity index is 859. The van der Waals surface area contributed by atoms with Crippen LogP contribution in [0.2, 0.25) is 0 Å². The van der Waals surface area contributed by atoms with Crippen molar-refractivity contribution in [3.8, 4) is 5.75 Å². The molecule has 6 heteroatoms. The predicted molar refractivity (Wildman–Crippen MR) is 85.3 cm³/mol. The second kappa shape index (κ2) is 6.19. The third kappa shape index (κ3) is 2.57. The van der Waals surface area contributed by atoms with Crippen LogP contribution in [0.5, 0.6) is 5.75 Å². The first-order chi connectivity index (χ1) is 10.7. The molecular formula is C16H16N2O3S. The van der Waals surface area contributed by atoms with Crippen molar-refractivity contribution in [3.05, 3.63) is 47.2 Å². The van der Waals surface area contributed by atoms with E-state index in [2.05, 4.69) is 11.9 Å². The van der Waals surface area contributed by atoms with Gasteiger partial charge in [-0.2, -0.15) is 4.99 Å². The smallest absolute Gasteiger partial charge is 0.315 e. The summed E-state index contributed by atoms with van der Waals surface area (Å²) >= 11 is 1.47. The van der Waals surface area contributed by atoms with E-state index in [1.54, 1.807) is 19.2 Å². The lowest BCUT2D eigenvalue weighted by Gasteiger charge is -2.06. The number of aryl methyl sites for hydroxylation is 1. The highest BCUT2D eigenvalue weighted by molar-refractivity contribution is 7.16. The molecule has 5 nitrogen and oxygen atoms in total. The third-order valence-corrected chi connectivity index (χ3v) is 4.30. The van der Waals surface area contributed by atoms with Crippen molar-refractivity contribution in [2.24, 2.45) is 4.99 Å². The Kier molecular flexibility index (Phi) is 4.11. The Labute approximate surface area is 131 Å². The number of aromatic nitrogens is 1. The predicted octanol–water partition coefficient (Wildman–Crippen LogP) is 3.46. The molecule has 0 fully saturated rings. The van der Waals surface area contributed by atoms with Crippen molar-refractivity contribution >= 4 is 27.5 Å². The average Bonchev–Trinajstić information content (AvgIpc) is 3.16. The number of hydrogen-bond acceptors (Lipinski definition) is 4. The lowest BCUT2D eigenvalue weighted by atomic mass is 10.3. The number of benzene rings is 1. The molecular weight excluding hydrogens is 300 g/mol. The van der Waals surface area contributed by atoms with Gasteiger partial charge in [-0.15, -0.1) is 0 Å². The summed E-state index contributed by atoms with van der Waals surface area (Å²) in [7, 11) is 1.65. The minimum atomic E-state index is -0.375. The summed E-state index contributed by atoms with van der Waals surface area (Å²) in [5.41, 5.74) is 0.975. The van der Waals surface area contributed by atoms with E-state index in [0.29, 0.717) is 4.80 Å². The summed E-state index contributed by atoms with van der Waals surface area (Å²) in [6.07, 6.45) is 2.41. The van der Waals surface area contributed by atoms with E-state index < -0.39 is 0 Å². The van der Waals surface area contributed by atoms with Gasteiger partial charge in [0.2, 0.25) is 0 Å². The quantitative estimate of drug-likeness (QED) is 0.740. The zero-order valence-corrected chi connectivity index (χ0v) is 13.2. The topological polar surface area (TPSA) is 56.7 Å². The summed E-state index contributed by atoms with van der Waals surface area (Å²) < 4.78 is 13.6. The van der Waals surface area contributed by atoms with Crippen molar-refractivity contribution in [3.63, 3.8) is 0 Å². The van der Waals surface area contributed by atoms with Crippen molar-refractivity contribution in [2.45, 2.75) is 19.9 Å². The van der Waals surface area contributed by atoms with Crippen molar-refractivity contribution in [1.82, 2.24) is 4.57 Å². The molecule has 3 aromatic rings. The van der Waals surface area contributed by atoms with Crippen LogP contribution in [0.1, 0.15) is 23.9 Å². The van der Waals surface area contributed by atoms with E-state index in [1.807, 2.05) is 22.8 Å². The molecule has 0 aliphatic carbocycles. The maximum Gasteiger partial charge on any atom is 0.315 e. The Morgan fingerprint density at radius 1 is 1.36 bits per heavy atom. The maximum absolute atomic E-state index is 12.2. The number of fused-ring (bicyclic) bond motifs is 1. The maximum atomic E-state index is 12.2. The Balaban J connectivity index is 2.21. The molecule has 0 radical (unpaired) electrons. The van der Waals surface area contributed by atoms with Gasteiger partial charge in [0.05, 0.1) is 18.1 Å². The first-order valence-electron chi connectivity index (χ1n) is 7.03. The van der Waals surface area contributed by atoms with E-state index in [0.717, 1.165) is 28.9 Å². The van der Waals surface area contributed by atoms with Gasteiger partial charge in [-0.1, -0.05) is 24.3 Å². The third-order valence-electron chi connectivity index (χ3n) is 3.26. The number of furan rings is 1. The van der Waals surface area contributed by atoms with E-state index in [-0.39, 0.29) is 11.7 Å². The van der Waals surface area contributed by atoms with Crippen LogP contribution in [0.3, 0.4) is 0 Å². The SMILES string of the molecule is CCCn1c(=NC(=O)c2ccco2)sc2cccc(OC)c21. The molecule has 0 unspecified atom stereocenters. The second-order valence-corrected chi connectivity index (χ2v) is 5.75. The van der Waals surface area contributed by atoms with Crippen LogP contribution in [-0.2, 0) is 6.54 Å². The number of methoxy groups -OCH3 is 1. The monoisotopic (exact) mass is 316 g/mol. The van der Waals surface area contributed by atoms with Gasteiger partial charge in [-0.05, 0) is 30.7 Å². The minimum Gasteiger partial charge on any atom is -0.495 e. The number of ether oxygens (including phenoxy) is 1. The lowest BCUT2D eigenvalue weighted by Crippen LogP contribution is -2.17. The summed E-state index contributed by atoms with van der Waals surface area (Å²) in [5.74, 6) is 0.655. The van der Waals surface area contributed by atoms with Crippen molar-refractivity contribution in [1.29, 1.82) is 0 Å². The van der Waals surface area contributed by atoms with Gasteiger partial charge in [-0.3, -0.25) is 4.79 Å². The number of carbonyl (C=O) groups is 1. The summed E-state index contributed by atoms with van der Waals surface area (Å²) in [5, 5.41) is 0. The second-order valence-electron chi connectivity index (χ2n) is 4.74. The Hall–Kier alpha value is -2.34. The highest BCUT2D eigenvalue weighted by Crippen LogP contribution is 2.27. The van der Waals surface area contributed by atoms with Crippen LogP contribution in [0.15, 0.2) is 46.0 Å². The molecule has 2 aromatic heterocycles. The fourth-order valence-corrected chi connectivity index (χ4v) is 3.39. The number of amides is 1. The minimum absolute atomic E-state index is 0.243. The fourth-order valence-electron chi connectivity index (χ4n) is 2.32. The average molecular weight is 316 g/mol. The van der Waals surface area contributed by atoms with E-state index in [1.165, 1.54) is 17.6 Å². The van der Waals surface area contributed by atoms with Crippen LogP contribution in [0.25, 0.3) is 10.2 Å². The molecule has 0 aliphatic rings. The molecule has 0 bridgehead atoms. The van der Waals surface area contributed by atoms with Gasteiger partial charge in [0.1, 0.15) is 11.3 Å². The van der Waals surface area contributed by atoms with Gasteiger partial charge in [-0.25, -0.2) is 0 Å². The molecule has 3 rings (SSSR count). The molecule has 0 saturated carbocycles. The van der Waals surface area contributed by atoms with Crippen LogP contribution >= 0.6 is 11.3 Å². The number of para-hydroxylation sites is 1. The number of thiazole rings is 1. The Morgan fingerprint density at radius 3 is 2.91 bits per heavy atom. The van der Waals surface area contributed by atoms with Crippen molar-refractivity contribution < 1.29 is 13.9 Å². The molecule has 2 heterocycles.